The fraction of sp³-hybridized carbons (Fsp3) is 0.0952. The molecule has 0 aliphatic rings. The minimum Gasteiger partial charge on any atom is -0.480 e. The SMILES string of the molecule is O=C(NC(Cc1c[nH]c2ccccc12)C(=O)O)c1cccc(Nc2nccs2)c1. The second-order valence-electron chi connectivity index (χ2n) is 6.47. The number of aromatic nitrogens is 2. The number of rotatable bonds is 7. The van der Waals surface area contributed by atoms with Gasteiger partial charge in [0, 0.05) is 46.3 Å². The van der Waals surface area contributed by atoms with Crippen LogP contribution in [0.4, 0.5) is 10.8 Å². The summed E-state index contributed by atoms with van der Waals surface area (Å²) in [4.78, 5) is 31.7. The summed E-state index contributed by atoms with van der Waals surface area (Å²) in [6.45, 7) is 0. The standard InChI is InChI=1S/C21H18N4O3S/c26-19(13-4-3-5-15(10-13)24-21-22-8-9-29-21)25-18(20(27)28)11-14-12-23-17-7-2-1-6-16(14)17/h1-10,12,18,23H,11H2,(H,22,24)(H,25,26)(H,27,28). The predicted octanol–water partition coefficient (Wildman–Crippen LogP) is 3.79. The topological polar surface area (TPSA) is 107 Å². The summed E-state index contributed by atoms with van der Waals surface area (Å²) in [5.41, 5.74) is 2.85. The Morgan fingerprint density at radius 2 is 2.03 bits per heavy atom. The van der Waals surface area contributed by atoms with Crippen molar-refractivity contribution in [2.75, 3.05) is 5.32 Å². The van der Waals surface area contributed by atoms with Crippen LogP contribution in [-0.4, -0.2) is 33.0 Å². The average Bonchev–Trinajstić information content (AvgIpc) is 3.38. The van der Waals surface area contributed by atoms with Crippen molar-refractivity contribution in [1.29, 1.82) is 0 Å². The van der Waals surface area contributed by atoms with E-state index in [1.807, 2.05) is 35.7 Å². The van der Waals surface area contributed by atoms with E-state index in [4.69, 9.17) is 0 Å². The van der Waals surface area contributed by atoms with Crippen LogP contribution in [0.1, 0.15) is 15.9 Å². The summed E-state index contributed by atoms with van der Waals surface area (Å²) in [5, 5.41) is 18.9. The Morgan fingerprint density at radius 3 is 2.83 bits per heavy atom. The summed E-state index contributed by atoms with van der Waals surface area (Å²) in [7, 11) is 0. The minimum absolute atomic E-state index is 0.183. The fourth-order valence-electron chi connectivity index (χ4n) is 3.11. The summed E-state index contributed by atoms with van der Waals surface area (Å²) in [6, 6.07) is 13.5. The van der Waals surface area contributed by atoms with Crippen LogP contribution in [0.15, 0.2) is 66.3 Å². The number of hydrogen-bond acceptors (Lipinski definition) is 5. The van der Waals surface area contributed by atoms with Crippen LogP contribution < -0.4 is 10.6 Å². The van der Waals surface area contributed by atoms with E-state index in [1.165, 1.54) is 11.3 Å². The van der Waals surface area contributed by atoms with Gasteiger partial charge in [0.2, 0.25) is 0 Å². The number of carbonyl (C=O) groups excluding carboxylic acids is 1. The van der Waals surface area contributed by atoms with Gasteiger partial charge < -0.3 is 20.7 Å². The molecule has 0 aliphatic carbocycles. The maximum atomic E-state index is 12.7. The number of carbonyl (C=O) groups is 2. The number of carboxylic acids is 1. The molecule has 29 heavy (non-hydrogen) atoms. The number of aromatic amines is 1. The predicted molar refractivity (Wildman–Crippen MR) is 113 cm³/mol. The molecule has 7 nitrogen and oxygen atoms in total. The Labute approximate surface area is 170 Å². The third-order valence-corrected chi connectivity index (χ3v) is 5.20. The molecule has 4 aromatic rings. The number of benzene rings is 2. The number of H-pyrrole nitrogens is 1. The number of fused-ring (bicyclic) bond motifs is 1. The van der Waals surface area contributed by atoms with Crippen LogP contribution in [0.5, 0.6) is 0 Å². The fourth-order valence-corrected chi connectivity index (χ4v) is 3.66. The molecular weight excluding hydrogens is 388 g/mol. The summed E-state index contributed by atoms with van der Waals surface area (Å²) >= 11 is 1.45. The van der Waals surface area contributed by atoms with Crippen molar-refractivity contribution in [3.8, 4) is 0 Å². The molecule has 0 aliphatic heterocycles. The lowest BCUT2D eigenvalue weighted by atomic mass is 10.0. The Morgan fingerprint density at radius 1 is 1.17 bits per heavy atom. The van der Waals surface area contributed by atoms with Crippen LogP contribution >= 0.6 is 11.3 Å². The molecule has 0 radical (unpaired) electrons. The highest BCUT2D eigenvalue weighted by atomic mass is 32.1. The van der Waals surface area contributed by atoms with Crippen molar-refractivity contribution in [1.82, 2.24) is 15.3 Å². The minimum atomic E-state index is -1.08. The lowest BCUT2D eigenvalue weighted by Gasteiger charge is -2.15. The van der Waals surface area contributed by atoms with Crippen molar-refractivity contribution in [2.24, 2.45) is 0 Å². The highest BCUT2D eigenvalue weighted by Gasteiger charge is 2.22. The first-order valence-electron chi connectivity index (χ1n) is 8.95. The van der Waals surface area contributed by atoms with Gasteiger partial charge in [-0.15, -0.1) is 11.3 Å². The summed E-state index contributed by atoms with van der Waals surface area (Å²) in [6.07, 6.45) is 3.65. The number of anilines is 2. The normalized spacial score (nSPS) is 11.9. The number of carboxylic acid groups (broad SMARTS) is 1. The zero-order valence-electron chi connectivity index (χ0n) is 15.3. The molecule has 1 atom stereocenters. The number of para-hydroxylation sites is 1. The van der Waals surface area contributed by atoms with Gasteiger partial charge in [0.05, 0.1) is 0 Å². The van der Waals surface area contributed by atoms with Crippen molar-refractivity contribution < 1.29 is 14.7 Å². The molecule has 0 bridgehead atoms. The first-order valence-corrected chi connectivity index (χ1v) is 9.83. The van der Waals surface area contributed by atoms with E-state index in [0.29, 0.717) is 16.4 Å². The zero-order chi connectivity index (χ0) is 20.2. The molecule has 2 heterocycles. The maximum absolute atomic E-state index is 12.7. The molecule has 0 fully saturated rings. The van der Waals surface area contributed by atoms with E-state index >= 15 is 0 Å². The molecule has 2 aromatic carbocycles. The van der Waals surface area contributed by atoms with Crippen LogP contribution in [0.2, 0.25) is 0 Å². The molecule has 0 spiro atoms. The zero-order valence-corrected chi connectivity index (χ0v) is 16.1. The van der Waals surface area contributed by atoms with Gasteiger partial charge in [0.1, 0.15) is 6.04 Å². The highest BCUT2D eigenvalue weighted by molar-refractivity contribution is 7.13. The van der Waals surface area contributed by atoms with Crippen LogP contribution in [-0.2, 0) is 11.2 Å². The third-order valence-electron chi connectivity index (χ3n) is 4.51. The van der Waals surface area contributed by atoms with Gasteiger partial charge in [0.25, 0.3) is 5.91 Å². The van der Waals surface area contributed by atoms with E-state index in [0.717, 1.165) is 16.5 Å². The number of amides is 1. The number of nitrogens with zero attached hydrogens (tertiary/aromatic N) is 1. The Kier molecular flexibility index (Phi) is 5.26. The summed E-state index contributed by atoms with van der Waals surface area (Å²) in [5.74, 6) is -1.53. The Bertz CT molecular complexity index is 1150. The number of aliphatic carboxylic acids is 1. The first kappa shape index (κ1) is 18.7. The molecule has 4 N–H and O–H groups in total. The van der Waals surface area contributed by atoms with Gasteiger partial charge >= 0.3 is 5.97 Å². The second-order valence-corrected chi connectivity index (χ2v) is 7.37. The van der Waals surface area contributed by atoms with Crippen molar-refractivity contribution >= 4 is 44.9 Å². The molecule has 8 heteroatoms. The molecular formula is C21H18N4O3S. The van der Waals surface area contributed by atoms with Crippen LogP contribution in [0.25, 0.3) is 10.9 Å². The number of nitrogens with one attached hydrogen (secondary N) is 3. The van der Waals surface area contributed by atoms with E-state index in [2.05, 4.69) is 20.6 Å². The average molecular weight is 406 g/mol. The van der Waals surface area contributed by atoms with E-state index in [1.54, 1.807) is 30.6 Å². The molecule has 0 saturated carbocycles. The number of thiazole rings is 1. The summed E-state index contributed by atoms with van der Waals surface area (Å²) < 4.78 is 0. The highest BCUT2D eigenvalue weighted by Crippen LogP contribution is 2.21. The quantitative estimate of drug-likeness (QED) is 0.374. The lowest BCUT2D eigenvalue weighted by molar-refractivity contribution is -0.139. The maximum Gasteiger partial charge on any atom is 0.326 e. The third kappa shape index (κ3) is 4.27. The monoisotopic (exact) mass is 406 g/mol. The first-order chi connectivity index (χ1) is 14.1. The largest absolute Gasteiger partial charge is 0.480 e. The Hall–Kier alpha value is -3.65. The molecule has 0 saturated heterocycles. The number of hydrogen-bond donors (Lipinski definition) is 4. The second kappa shape index (κ2) is 8.15. The lowest BCUT2D eigenvalue weighted by Crippen LogP contribution is -2.42. The van der Waals surface area contributed by atoms with Crippen LogP contribution in [0.3, 0.4) is 0 Å². The van der Waals surface area contributed by atoms with Crippen molar-refractivity contribution in [3.05, 3.63) is 77.4 Å². The van der Waals surface area contributed by atoms with Gasteiger partial charge in [-0.2, -0.15) is 0 Å². The molecule has 4 rings (SSSR count). The van der Waals surface area contributed by atoms with Gasteiger partial charge in [-0.05, 0) is 29.8 Å². The van der Waals surface area contributed by atoms with E-state index in [9.17, 15) is 14.7 Å². The Balaban J connectivity index is 1.50. The van der Waals surface area contributed by atoms with Gasteiger partial charge in [0.15, 0.2) is 5.13 Å². The molecule has 1 unspecified atom stereocenters. The van der Waals surface area contributed by atoms with Gasteiger partial charge in [-0.1, -0.05) is 24.3 Å². The molecule has 2 aromatic heterocycles. The van der Waals surface area contributed by atoms with Gasteiger partial charge in [-0.3, -0.25) is 4.79 Å². The van der Waals surface area contributed by atoms with E-state index < -0.39 is 17.9 Å². The molecule has 146 valence electrons. The smallest absolute Gasteiger partial charge is 0.326 e. The van der Waals surface area contributed by atoms with Crippen molar-refractivity contribution in [3.63, 3.8) is 0 Å². The van der Waals surface area contributed by atoms with E-state index in [-0.39, 0.29) is 6.42 Å². The van der Waals surface area contributed by atoms with Crippen molar-refractivity contribution in [2.45, 2.75) is 12.5 Å². The molecule has 1 amide bonds. The van der Waals surface area contributed by atoms with Gasteiger partial charge in [-0.25, -0.2) is 9.78 Å². The van der Waals surface area contributed by atoms with Crippen LogP contribution in [0, 0.1) is 0 Å².